The second kappa shape index (κ2) is 8.62. The van der Waals surface area contributed by atoms with Gasteiger partial charge in [-0.25, -0.2) is 0 Å². The summed E-state index contributed by atoms with van der Waals surface area (Å²) in [4.78, 5) is 15.7. The molecule has 0 heterocycles. The third kappa shape index (κ3) is 7.66. The van der Waals surface area contributed by atoms with Crippen molar-refractivity contribution >= 4 is 22.4 Å². The number of hydrogen-bond donors (Lipinski definition) is 0. The highest BCUT2D eigenvalue weighted by Crippen LogP contribution is 2.24. The van der Waals surface area contributed by atoms with Gasteiger partial charge in [-0.3, -0.25) is 8.98 Å². The molecule has 0 atom stereocenters. The van der Waals surface area contributed by atoms with Crippen molar-refractivity contribution in [3.8, 4) is 0 Å². The van der Waals surface area contributed by atoms with E-state index >= 15 is 0 Å². The summed E-state index contributed by atoms with van der Waals surface area (Å²) in [6.07, 6.45) is 3.02. The fourth-order valence-corrected chi connectivity index (χ4v) is 1.39. The molecule has 0 saturated heterocycles. The average Bonchev–Trinajstić information content (AvgIpc) is 2.38. The van der Waals surface area contributed by atoms with Gasteiger partial charge in [-0.2, -0.15) is 21.6 Å². The largest absolute Gasteiger partial charge is 0.523 e. The Bertz CT molecular complexity index is 487. The Balaban J connectivity index is 4.07. The first-order valence-electron chi connectivity index (χ1n) is 5.57. The van der Waals surface area contributed by atoms with Gasteiger partial charge in [-0.1, -0.05) is 17.3 Å². The Hall–Kier alpha value is -1.62. The van der Waals surface area contributed by atoms with Crippen LogP contribution in [0, 0.1) is 0 Å². The lowest BCUT2D eigenvalue weighted by molar-refractivity contribution is -0.128. The number of carbonyl (C=O) groups is 1. The standard InChI is InChI=1S/C10H15F3N2O5S/c1-9(14-19-8-16)15(2)6-4-3-5-7-20-21(17,18)10(11,12)13/h3-4,8H,5-7H2,1-2H3/b4-3-,14-9-. The van der Waals surface area contributed by atoms with Crippen LogP contribution in [0.3, 0.4) is 0 Å². The van der Waals surface area contributed by atoms with E-state index in [2.05, 4.69) is 14.2 Å². The van der Waals surface area contributed by atoms with Crippen molar-refractivity contribution < 1.29 is 35.4 Å². The number of oxime groups is 1. The molecular formula is C10H15F3N2O5S. The van der Waals surface area contributed by atoms with Crippen LogP contribution < -0.4 is 0 Å². The van der Waals surface area contributed by atoms with Crippen LogP contribution in [0.1, 0.15) is 13.3 Å². The maximum absolute atomic E-state index is 11.9. The van der Waals surface area contributed by atoms with Gasteiger partial charge in [-0.05, 0) is 13.3 Å². The monoisotopic (exact) mass is 332 g/mol. The first-order chi connectivity index (χ1) is 9.62. The van der Waals surface area contributed by atoms with Gasteiger partial charge >= 0.3 is 22.1 Å². The zero-order valence-corrected chi connectivity index (χ0v) is 12.1. The van der Waals surface area contributed by atoms with E-state index < -0.39 is 22.2 Å². The molecule has 0 N–H and O–H groups in total. The summed E-state index contributed by atoms with van der Waals surface area (Å²) in [5.74, 6) is 0.405. The van der Waals surface area contributed by atoms with E-state index in [0.29, 0.717) is 12.4 Å². The molecule has 0 aliphatic heterocycles. The first kappa shape index (κ1) is 19.4. The third-order valence-electron chi connectivity index (χ3n) is 2.13. The van der Waals surface area contributed by atoms with Gasteiger partial charge < -0.3 is 9.74 Å². The van der Waals surface area contributed by atoms with Gasteiger partial charge in [0.2, 0.25) is 0 Å². The molecule has 0 rings (SSSR count). The van der Waals surface area contributed by atoms with Crippen molar-refractivity contribution in [1.82, 2.24) is 4.90 Å². The highest BCUT2D eigenvalue weighted by atomic mass is 32.2. The van der Waals surface area contributed by atoms with Crippen LogP contribution in [0.2, 0.25) is 0 Å². The minimum absolute atomic E-state index is 0.00974. The van der Waals surface area contributed by atoms with Gasteiger partial charge in [0, 0.05) is 13.6 Å². The molecule has 0 aliphatic rings. The number of alkyl halides is 3. The smallest absolute Gasteiger partial charge is 0.357 e. The molecular weight excluding hydrogens is 317 g/mol. The van der Waals surface area contributed by atoms with Gasteiger partial charge in [0.15, 0.2) is 0 Å². The van der Waals surface area contributed by atoms with Crippen molar-refractivity contribution in [2.24, 2.45) is 5.16 Å². The van der Waals surface area contributed by atoms with E-state index in [4.69, 9.17) is 0 Å². The number of likely N-dealkylation sites (N-methyl/N-ethyl adjacent to an activating group) is 1. The summed E-state index contributed by atoms with van der Waals surface area (Å²) in [5.41, 5.74) is -5.41. The maximum atomic E-state index is 11.9. The lowest BCUT2D eigenvalue weighted by Gasteiger charge is -2.14. The van der Waals surface area contributed by atoms with Crippen molar-refractivity contribution in [3.05, 3.63) is 12.2 Å². The minimum Gasteiger partial charge on any atom is -0.357 e. The van der Waals surface area contributed by atoms with Gasteiger partial charge in [-0.15, -0.1) is 0 Å². The second-order valence-corrected chi connectivity index (χ2v) is 5.31. The van der Waals surface area contributed by atoms with E-state index in [1.807, 2.05) is 0 Å². The van der Waals surface area contributed by atoms with Crippen LogP contribution in [0.5, 0.6) is 0 Å². The quantitative estimate of drug-likeness (QED) is 0.0765. The molecule has 0 amide bonds. The van der Waals surface area contributed by atoms with Crippen LogP contribution in [0.25, 0.3) is 0 Å². The summed E-state index contributed by atoms with van der Waals surface area (Å²) in [6, 6.07) is 0. The Morgan fingerprint density at radius 1 is 1.33 bits per heavy atom. The maximum Gasteiger partial charge on any atom is 0.523 e. The summed E-state index contributed by atoms with van der Waals surface area (Å²) < 4.78 is 60.6. The molecule has 0 spiro atoms. The van der Waals surface area contributed by atoms with Crippen molar-refractivity contribution in [2.45, 2.75) is 18.9 Å². The molecule has 0 unspecified atom stereocenters. The minimum atomic E-state index is -5.54. The Labute approximate surface area is 120 Å². The third-order valence-corrected chi connectivity index (χ3v) is 3.18. The van der Waals surface area contributed by atoms with E-state index in [9.17, 15) is 26.4 Å². The highest BCUT2D eigenvalue weighted by Gasteiger charge is 2.47. The summed E-state index contributed by atoms with van der Waals surface area (Å²) in [7, 11) is -3.90. The predicted molar refractivity (Wildman–Crippen MR) is 67.6 cm³/mol. The topological polar surface area (TPSA) is 85.3 Å². The predicted octanol–water partition coefficient (Wildman–Crippen LogP) is 1.24. The lowest BCUT2D eigenvalue weighted by Crippen LogP contribution is -2.25. The molecule has 122 valence electrons. The van der Waals surface area contributed by atoms with E-state index in [1.165, 1.54) is 6.08 Å². The molecule has 11 heteroatoms. The summed E-state index contributed by atoms with van der Waals surface area (Å²) >= 11 is 0. The Morgan fingerprint density at radius 2 is 1.95 bits per heavy atom. The molecule has 0 radical (unpaired) electrons. The number of carbonyl (C=O) groups excluding carboxylic acids is 1. The summed E-state index contributed by atoms with van der Waals surface area (Å²) in [6.45, 7) is 1.47. The van der Waals surface area contributed by atoms with Crippen LogP contribution in [0.4, 0.5) is 13.2 Å². The van der Waals surface area contributed by atoms with Crippen molar-refractivity contribution in [1.29, 1.82) is 0 Å². The molecule has 0 aliphatic carbocycles. The van der Waals surface area contributed by atoms with Crippen LogP contribution in [-0.2, 0) is 23.9 Å². The highest BCUT2D eigenvalue weighted by molar-refractivity contribution is 7.87. The molecule has 21 heavy (non-hydrogen) atoms. The second-order valence-electron chi connectivity index (χ2n) is 3.70. The number of rotatable bonds is 8. The first-order valence-corrected chi connectivity index (χ1v) is 6.98. The number of amidine groups is 1. The fourth-order valence-electron chi connectivity index (χ4n) is 0.943. The number of nitrogens with zero attached hydrogens (tertiary/aromatic N) is 2. The molecule has 0 fully saturated rings. The zero-order chi connectivity index (χ0) is 16.5. The molecule has 0 aromatic rings. The molecule has 0 aromatic carbocycles. The number of hydrogen-bond acceptors (Lipinski definition) is 6. The van der Waals surface area contributed by atoms with Crippen LogP contribution in [-0.4, -0.2) is 51.3 Å². The van der Waals surface area contributed by atoms with Gasteiger partial charge in [0.1, 0.15) is 5.84 Å². The van der Waals surface area contributed by atoms with Gasteiger partial charge in [0.25, 0.3) is 0 Å². The normalized spacial score (nSPS) is 13.5. The van der Waals surface area contributed by atoms with E-state index in [1.54, 1.807) is 24.9 Å². The lowest BCUT2D eigenvalue weighted by atomic mass is 10.4. The molecule has 0 bridgehead atoms. The fraction of sp³-hybridized carbons (Fsp3) is 0.600. The van der Waals surface area contributed by atoms with Crippen molar-refractivity contribution in [3.63, 3.8) is 0 Å². The number of halogens is 3. The van der Waals surface area contributed by atoms with E-state index in [0.717, 1.165) is 0 Å². The van der Waals surface area contributed by atoms with Crippen molar-refractivity contribution in [2.75, 3.05) is 20.2 Å². The summed E-state index contributed by atoms with van der Waals surface area (Å²) in [5, 5.41) is 3.43. The zero-order valence-electron chi connectivity index (χ0n) is 11.3. The van der Waals surface area contributed by atoms with Crippen LogP contribution in [0.15, 0.2) is 17.3 Å². The average molecular weight is 332 g/mol. The van der Waals surface area contributed by atoms with Gasteiger partial charge in [0.05, 0.1) is 6.61 Å². The van der Waals surface area contributed by atoms with E-state index in [-0.39, 0.29) is 12.9 Å². The Morgan fingerprint density at radius 3 is 2.48 bits per heavy atom. The SMILES string of the molecule is C/C(=N/OC=O)N(C)C/C=C\CCOS(=O)(=O)C(F)(F)F. The van der Waals surface area contributed by atoms with Crippen LogP contribution >= 0.6 is 0 Å². The molecule has 0 saturated carbocycles. The molecule has 7 nitrogen and oxygen atoms in total. The Kier molecular flexibility index (Phi) is 7.95. The molecule has 0 aromatic heterocycles.